The van der Waals surface area contributed by atoms with Crippen molar-refractivity contribution in [2.24, 2.45) is 10.9 Å². The maximum atomic E-state index is 8.56. The van der Waals surface area contributed by atoms with Crippen LogP contribution in [0.15, 0.2) is 52.0 Å². The number of amidine groups is 1. The highest BCUT2D eigenvalue weighted by Crippen LogP contribution is 2.24. The Morgan fingerprint density at radius 3 is 2.88 bits per heavy atom. The van der Waals surface area contributed by atoms with Gasteiger partial charge in [0.2, 0.25) is 0 Å². The first-order valence-corrected chi connectivity index (χ1v) is 5.49. The molecule has 0 aliphatic rings. The Morgan fingerprint density at radius 2 is 2.18 bits per heavy atom. The lowest BCUT2D eigenvalue weighted by Crippen LogP contribution is -2.14. The van der Waals surface area contributed by atoms with Gasteiger partial charge in [0.05, 0.1) is 6.20 Å². The van der Waals surface area contributed by atoms with Gasteiger partial charge < -0.3 is 10.9 Å². The molecule has 2 rings (SSSR count). The van der Waals surface area contributed by atoms with Gasteiger partial charge in [-0.3, -0.25) is 9.97 Å². The Bertz CT molecular complexity index is 531. The molecule has 0 aromatic carbocycles. The molecule has 0 spiro atoms. The maximum absolute atomic E-state index is 8.56. The van der Waals surface area contributed by atoms with E-state index in [1.807, 2.05) is 6.07 Å². The van der Waals surface area contributed by atoms with E-state index < -0.39 is 0 Å². The molecule has 0 saturated carbocycles. The summed E-state index contributed by atoms with van der Waals surface area (Å²) in [4.78, 5) is 13.0. The molecule has 0 atom stereocenters. The van der Waals surface area contributed by atoms with Crippen molar-refractivity contribution in [3.63, 3.8) is 0 Å². The highest BCUT2D eigenvalue weighted by Gasteiger charge is 2.04. The fraction of sp³-hybridized carbons (Fsp3) is 0. The molecule has 0 amide bonds. The largest absolute Gasteiger partial charge is 0.409 e. The molecule has 2 aromatic heterocycles. The Kier molecular flexibility index (Phi) is 3.51. The van der Waals surface area contributed by atoms with E-state index in [0.717, 1.165) is 9.92 Å². The first-order valence-electron chi connectivity index (χ1n) is 4.67. The summed E-state index contributed by atoms with van der Waals surface area (Å²) in [5, 5.41) is 12.2. The van der Waals surface area contributed by atoms with E-state index in [-0.39, 0.29) is 5.84 Å². The Morgan fingerprint density at radius 1 is 1.29 bits per heavy atom. The van der Waals surface area contributed by atoms with Crippen LogP contribution in [0.4, 0.5) is 0 Å². The van der Waals surface area contributed by atoms with E-state index in [0.29, 0.717) is 5.69 Å². The van der Waals surface area contributed by atoms with Gasteiger partial charge in [0, 0.05) is 23.5 Å². The van der Waals surface area contributed by atoms with Crippen molar-refractivity contribution < 1.29 is 5.21 Å². The van der Waals surface area contributed by atoms with Gasteiger partial charge in [-0.2, -0.15) is 0 Å². The lowest BCUT2D eigenvalue weighted by atomic mass is 10.3. The zero-order valence-electron chi connectivity index (χ0n) is 8.69. The quantitative estimate of drug-likeness (QED) is 0.365. The number of nitrogens with zero attached hydrogens (tertiary/aromatic N) is 4. The topological polar surface area (TPSA) is 97.3 Å². The molecule has 0 fully saturated rings. The molecule has 0 radical (unpaired) electrons. The lowest BCUT2D eigenvalue weighted by Gasteiger charge is -2.02. The number of rotatable bonds is 3. The predicted molar refractivity (Wildman–Crippen MR) is 62.9 cm³/mol. The first kappa shape index (κ1) is 11.3. The van der Waals surface area contributed by atoms with Crippen LogP contribution in [0.5, 0.6) is 0 Å². The monoisotopic (exact) mass is 247 g/mol. The van der Waals surface area contributed by atoms with Crippen molar-refractivity contribution in [1.82, 2.24) is 15.0 Å². The average Bonchev–Trinajstić information content (AvgIpc) is 2.39. The van der Waals surface area contributed by atoms with E-state index in [1.165, 1.54) is 11.8 Å². The summed E-state index contributed by atoms with van der Waals surface area (Å²) >= 11 is 1.42. The molecule has 0 saturated heterocycles. The van der Waals surface area contributed by atoms with Crippen molar-refractivity contribution in [2.45, 2.75) is 9.92 Å². The molecular weight excluding hydrogens is 238 g/mol. The van der Waals surface area contributed by atoms with Crippen LogP contribution in [0, 0.1) is 0 Å². The van der Waals surface area contributed by atoms with Crippen LogP contribution in [0.2, 0.25) is 0 Å². The third kappa shape index (κ3) is 2.91. The number of hydrogen-bond donors (Lipinski definition) is 2. The highest BCUT2D eigenvalue weighted by molar-refractivity contribution is 7.99. The second-order valence-electron chi connectivity index (χ2n) is 3.01. The second kappa shape index (κ2) is 5.26. The third-order valence-electron chi connectivity index (χ3n) is 1.86. The van der Waals surface area contributed by atoms with Gasteiger partial charge in [-0.25, -0.2) is 4.98 Å². The van der Waals surface area contributed by atoms with Gasteiger partial charge in [0.25, 0.3) is 0 Å². The molecule has 0 bridgehead atoms. The first-order chi connectivity index (χ1) is 8.29. The van der Waals surface area contributed by atoms with Gasteiger partial charge in [0.15, 0.2) is 5.84 Å². The SMILES string of the molecule is N/C(=N/O)c1cc(Sc2cnccn2)ccn1. The number of aromatic nitrogens is 3. The number of nitrogens with two attached hydrogens (primary N) is 1. The molecule has 86 valence electrons. The van der Waals surface area contributed by atoms with Crippen molar-refractivity contribution in [2.75, 3.05) is 0 Å². The van der Waals surface area contributed by atoms with Crippen molar-refractivity contribution in [3.8, 4) is 0 Å². The summed E-state index contributed by atoms with van der Waals surface area (Å²) in [6.07, 6.45) is 6.48. The van der Waals surface area contributed by atoms with Gasteiger partial charge in [-0.1, -0.05) is 16.9 Å². The summed E-state index contributed by atoms with van der Waals surface area (Å²) in [6, 6.07) is 3.53. The van der Waals surface area contributed by atoms with E-state index in [9.17, 15) is 0 Å². The van der Waals surface area contributed by atoms with Crippen LogP contribution in [-0.2, 0) is 0 Å². The number of pyridine rings is 1. The molecule has 2 aromatic rings. The summed E-state index contributed by atoms with van der Waals surface area (Å²) in [6.45, 7) is 0. The molecule has 7 heteroatoms. The van der Waals surface area contributed by atoms with E-state index in [2.05, 4.69) is 20.1 Å². The maximum Gasteiger partial charge on any atom is 0.188 e. The second-order valence-corrected chi connectivity index (χ2v) is 4.10. The van der Waals surface area contributed by atoms with Crippen LogP contribution < -0.4 is 5.73 Å². The molecule has 2 heterocycles. The van der Waals surface area contributed by atoms with Crippen LogP contribution in [0.3, 0.4) is 0 Å². The zero-order valence-corrected chi connectivity index (χ0v) is 9.50. The summed E-state index contributed by atoms with van der Waals surface area (Å²) in [7, 11) is 0. The minimum Gasteiger partial charge on any atom is -0.409 e. The number of hydrogen-bond acceptors (Lipinski definition) is 6. The van der Waals surface area contributed by atoms with Gasteiger partial charge in [0.1, 0.15) is 10.7 Å². The fourth-order valence-electron chi connectivity index (χ4n) is 1.12. The molecule has 17 heavy (non-hydrogen) atoms. The van der Waals surface area contributed by atoms with Gasteiger partial charge in [-0.15, -0.1) is 0 Å². The molecule has 3 N–H and O–H groups in total. The molecule has 0 aliphatic heterocycles. The van der Waals surface area contributed by atoms with E-state index in [1.54, 1.807) is 30.9 Å². The lowest BCUT2D eigenvalue weighted by molar-refractivity contribution is 0.318. The zero-order chi connectivity index (χ0) is 12.1. The molecular formula is C10H9N5OS. The number of oxime groups is 1. The van der Waals surface area contributed by atoms with Crippen LogP contribution in [0.25, 0.3) is 0 Å². The van der Waals surface area contributed by atoms with Crippen molar-refractivity contribution in [3.05, 3.63) is 42.6 Å². The Hall–Kier alpha value is -2.15. The smallest absolute Gasteiger partial charge is 0.188 e. The minimum absolute atomic E-state index is 0.0217. The standard InChI is InChI=1S/C10H9N5OS/c11-10(15-16)8-5-7(1-2-13-8)17-9-6-12-3-4-14-9/h1-6,16H,(H2,11,15). The van der Waals surface area contributed by atoms with Gasteiger partial charge in [-0.05, 0) is 12.1 Å². The Balaban J connectivity index is 2.23. The average molecular weight is 247 g/mol. The van der Waals surface area contributed by atoms with Crippen LogP contribution in [-0.4, -0.2) is 26.0 Å². The summed E-state index contributed by atoms with van der Waals surface area (Å²) < 4.78 is 0. The molecule has 0 aliphatic carbocycles. The fourth-order valence-corrected chi connectivity index (χ4v) is 1.89. The molecule has 0 unspecified atom stereocenters. The van der Waals surface area contributed by atoms with Crippen LogP contribution in [0.1, 0.15) is 5.69 Å². The van der Waals surface area contributed by atoms with Crippen LogP contribution >= 0.6 is 11.8 Å². The highest BCUT2D eigenvalue weighted by atomic mass is 32.2. The normalized spacial score (nSPS) is 11.4. The third-order valence-corrected chi connectivity index (χ3v) is 2.77. The van der Waals surface area contributed by atoms with E-state index in [4.69, 9.17) is 10.9 Å². The van der Waals surface area contributed by atoms with Crippen molar-refractivity contribution >= 4 is 17.6 Å². The summed E-state index contributed by atoms with van der Waals surface area (Å²) in [5.74, 6) is -0.0217. The van der Waals surface area contributed by atoms with Gasteiger partial charge >= 0.3 is 0 Å². The minimum atomic E-state index is -0.0217. The summed E-state index contributed by atoms with van der Waals surface area (Å²) in [5.41, 5.74) is 5.87. The Labute approximate surface area is 102 Å². The van der Waals surface area contributed by atoms with Crippen molar-refractivity contribution in [1.29, 1.82) is 0 Å². The van der Waals surface area contributed by atoms with E-state index >= 15 is 0 Å². The molecule has 6 nitrogen and oxygen atoms in total. The predicted octanol–water partition coefficient (Wildman–Crippen LogP) is 1.12.